The van der Waals surface area contributed by atoms with Crippen LogP contribution in [0.3, 0.4) is 0 Å². The van der Waals surface area contributed by atoms with E-state index in [-0.39, 0.29) is 29.1 Å². The van der Waals surface area contributed by atoms with E-state index >= 15 is 0 Å². The number of benzene rings is 2. The summed E-state index contributed by atoms with van der Waals surface area (Å²) in [7, 11) is 0. The van der Waals surface area contributed by atoms with Crippen molar-refractivity contribution in [2.75, 3.05) is 24.5 Å². The monoisotopic (exact) mass is 556 g/mol. The van der Waals surface area contributed by atoms with E-state index in [2.05, 4.69) is 52.1 Å². The number of piperidine rings is 3. The van der Waals surface area contributed by atoms with Crippen molar-refractivity contribution in [1.29, 1.82) is 0 Å². The molecule has 2 aromatic carbocycles. The van der Waals surface area contributed by atoms with E-state index in [0.29, 0.717) is 24.9 Å². The molecule has 41 heavy (non-hydrogen) atoms. The molecule has 2 aromatic rings. The van der Waals surface area contributed by atoms with Crippen LogP contribution in [0.4, 0.5) is 10.1 Å². The molecule has 4 fully saturated rings. The van der Waals surface area contributed by atoms with E-state index in [0.717, 1.165) is 45.6 Å². The number of hydrogen-bond donors (Lipinski definition) is 1. The molecule has 5 aliphatic heterocycles. The number of nitrogens with one attached hydrogen (secondary N) is 1. The second-order valence-corrected chi connectivity index (χ2v) is 13.7. The van der Waals surface area contributed by atoms with Gasteiger partial charge >= 0.3 is 0 Å². The minimum absolute atomic E-state index is 0.151. The molecule has 2 amide bonds. The lowest BCUT2D eigenvalue weighted by molar-refractivity contribution is -0.137. The molecule has 0 saturated carbocycles. The number of allylic oxidation sites excluding steroid dienone is 1. The first kappa shape index (κ1) is 26.8. The van der Waals surface area contributed by atoms with Gasteiger partial charge in [0.05, 0.1) is 6.04 Å². The van der Waals surface area contributed by atoms with Crippen molar-refractivity contribution in [3.05, 3.63) is 70.5 Å². The Morgan fingerprint density at radius 1 is 0.927 bits per heavy atom. The maximum atomic E-state index is 13.7. The first-order valence-corrected chi connectivity index (χ1v) is 15.4. The average molecular weight is 557 g/mol. The normalized spacial score (nSPS) is 28.3. The number of nitrogens with zero attached hydrogens (tertiary/aromatic N) is 3. The van der Waals surface area contributed by atoms with Crippen molar-refractivity contribution in [3.8, 4) is 0 Å². The van der Waals surface area contributed by atoms with Gasteiger partial charge in [0, 0.05) is 56.9 Å². The van der Waals surface area contributed by atoms with Crippen LogP contribution in [0.1, 0.15) is 75.5 Å². The van der Waals surface area contributed by atoms with Gasteiger partial charge in [-0.2, -0.15) is 0 Å². The van der Waals surface area contributed by atoms with Crippen molar-refractivity contribution < 1.29 is 14.0 Å². The van der Waals surface area contributed by atoms with Crippen molar-refractivity contribution in [1.82, 2.24) is 15.1 Å². The van der Waals surface area contributed by atoms with Crippen LogP contribution in [0.15, 0.2) is 48.0 Å². The van der Waals surface area contributed by atoms with Crippen molar-refractivity contribution >= 4 is 23.1 Å². The van der Waals surface area contributed by atoms with Gasteiger partial charge in [0.15, 0.2) is 0 Å². The van der Waals surface area contributed by atoms with Gasteiger partial charge in [-0.25, -0.2) is 4.39 Å². The van der Waals surface area contributed by atoms with Gasteiger partial charge in [-0.1, -0.05) is 37.6 Å². The Kier molecular flexibility index (Phi) is 6.78. The number of hydrogen-bond acceptors (Lipinski definition) is 5. The highest BCUT2D eigenvalue weighted by Crippen LogP contribution is 2.44. The summed E-state index contributed by atoms with van der Waals surface area (Å²) in [5.74, 6) is -0.480. The third kappa shape index (κ3) is 5.23. The second kappa shape index (κ2) is 10.4. The Morgan fingerprint density at radius 2 is 1.71 bits per heavy atom. The molecule has 6 nitrogen and oxygen atoms in total. The SMILES string of the molecule is CC1(C)CCC(CN2CC3CCC2CN3c2ccc3c(c2)CN(C2CCC(=O)NC2=O)C3)=C(c2ccc(F)cc2)C1. The van der Waals surface area contributed by atoms with Gasteiger partial charge in [0.2, 0.25) is 11.8 Å². The molecule has 0 radical (unpaired) electrons. The highest BCUT2D eigenvalue weighted by atomic mass is 19.1. The fourth-order valence-electron chi connectivity index (χ4n) is 7.97. The highest BCUT2D eigenvalue weighted by molar-refractivity contribution is 6.00. The van der Waals surface area contributed by atoms with E-state index in [4.69, 9.17) is 0 Å². The molecule has 3 unspecified atom stereocenters. The smallest absolute Gasteiger partial charge is 0.243 e. The zero-order valence-corrected chi connectivity index (χ0v) is 24.3. The molecule has 6 aliphatic rings. The molecule has 2 bridgehead atoms. The summed E-state index contributed by atoms with van der Waals surface area (Å²) in [6, 6.07) is 14.8. The standard InChI is InChI=1S/C34H41FN4O2/c1-34(2)14-13-24(30(16-34)22-3-6-26(35)7-4-22)18-37-20-29-10-9-28(37)21-39(29)27-8-5-23-17-38(19-25(23)15-27)31-11-12-32(40)36-33(31)41/h3-8,15,28-29,31H,9-14,16-21H2,1-2H3,(H,36,40,41). The molecule has 216 valence electrons. The van der Waals surface area contributed by atoms with Crippen LogP contribution in [-0.4, -0.2) is 59.4 Å². The van der Waals surface area contributed by atoms with Crippen LogP contribution in [-0.2, 0) is 22.7 Å². The van der Waals surface area contributed by atoms with E-state index in [1.165, 1.54) is 47.2 Å². The van der Waals surface area contributed by atoms with Gasteiger partial charge in [-0.05, 0) is 90.5 Å². The fraction of sp³-hybridized carbons (Fsp3) is 0.529. The lowest BCUT2D eigenvalue weighted by Gasteiger charge is -2.53. The van der Waals surface area contributed by atoms with Crippen molar-refractivity contribution in [2.45, 2.75) is 90.0 Å². The summed E-state index contributed by atoms with van der Waals surface area (Å²) in [6.45, 7) is 9.38. The van der Waals surface area contributed by atoms with Crippen LogP contribution in [0.25, 0.3) is 5.57 Å². The lowest BCUT2D eigenvalue weighted by atomic mass is 9.72. The van der Waals surface area contributed by atoms with E-state index < -0.39 is 0 Å². The van der Waals surface area contributed by atoms with Crippen LogP contribution in [0.2, 0.25) is 0 Å². The number of piperazine rings is 1. The van der Waals surface area contributed by atoms with E-state index in [9.17, 15) is 14.0 Å². The molecule has 8 rings (SSSR count). The predicted molar refractivity (Wildman–Crippen MR) is 159 cm³/mol. The summed E-state index contributed by atoms with van der Waals surface area (Å²) >= 11 is 0. The molecule has 0 spiro atoms. The van der Waals surface area contributed by atoms with Gasteiger partial charge in [-0.15, -0.1) is 0 Å². The third-order valence-corrected chi connectivity index (χ3v) is 10.3. The lowest BCUT2D eigenvalue weighted by Crippen LogP contribution is -2.63. The Hall–Kier alpha value is -3.03. The fourth-order valence-corrected chi connectivity index (χ4v) is 7.97. The number of amides is 2. The summed E-state index contributed by atoms with van der Waals surface area (Å²) in [6.07, 6.45) is 6.85. The minimum Gasteiger partial charge on any atom is -0.366 e. The molecule has 5 heterocycles. The molecule has 1 aliphatic carbocycles. The minimum atomic E-state index is -0.220. The topological polar surface area (TPSA) is 55.9 Å². The van der Waals surface area contributed by atoms with Gasteiger partial charge < -0.3 is 4.90 Å². The Balaban J connectivity index is 1.06. The number of fused-ring (bicyclic) bond motifs is 4. The zero-order valence-electron chi connectivity index (χ0n) is 24.3. The molecule has 7 heteroatoms. The Bertz CT molecular complexity index is 1400. The maximum absolute atomic E-state index is 13.7. The van der Waals surface area contributed by atoms with Gasteiger partial charge in [-0.3, -0.25) is 24.7 Å². The first-order valence-electron chi connectivity index (χ1n) is 15.4. The number of rotatable bonds is 5. The van der Waals surface area contributed by atoms with Gasteiger partial charge in [0.1, 0.15) is 5.82 Å². The quantitative estimate of drug-likeness (QED) is 0.509. The van der Waals surface area contributed by atoms with Crippen LogP contribution in [0.5, 0.6) is 0 Å². The molecular formula is C34H41FN4O2. The Morgan fingerprint density at radius 3 is 2.46 bits per heavy atom. The average Bonchev–Trinajstić information content (AvgIpc) is 3.38. The predicted octanol–water partition coefficient (Wildman–Crippen LogP) is 5.26. The third-order valence-electron chi connectivity index (χ3n) is 10.3. The van der Waals surface area contributed by atoms with Crippen molar-refractivity contribution in [2.24, 2.45) is 5.41 Å². The number of anilines is 1. The summed E-state index contributed by atoms with van der Waals surface area (Å²) in [4.78, 5) is 31.6. The number of carbonyl (C=O) groups excluding carboxylic acids is 2. The largest absolute Gasteiger partial charge is 0.366 e. The van der Waals surface area contributed by atoms with Crippen LogP contribution < -0.4 is 10.2 Å². The van der Waals surface area contributed by atoms with E-state index in [1.807, 2.05) is 12.1 Å². The number of halogens is 1. The summed E-state index contributed by atoms with van der Waals surface area (Å²) < 4.78 is 13.7. The van der Waals surface area contributed by atoms with E-state index in [1.54, 1.807) is 17.7 Å². The maximum Gasteiger partial charge on any atom is 0.243 e. The molecule has 3 atom stereocenters. The number of carbonyl (C=O) groups is 2. The molecule has 4 saturated heterocycles. The molecular weight excluding hydrogens is 515 g/mol. The first-order chi connectivity index (χ1) is 19.7. The molecule has 0 aromatic heterocycles. The van der Waals surface area contributed by atoms with Crippen molar-refractivity contribution in [3.63, 3.8) is 0 Å². The highest BCUT2D eigenvalue weighted by Gasteiger charge is 2.41. The Labute approximate surface area is 242 Å². The van der Waals surface area contributed by atoms with Crippen LogP contribution >= 0.6 is 0 Å². The number of imide groups is 1. The second-order valence-electron chi connectivity index (χ2n) is 13.7. The van der Waals surface area contributed by atoms with Gasteiger partial charge in [0.25, 0.3) is 0 Å². The summed E-state index contributed by atoms with van der Waals surface area (Å²) in [5.41, 5.74) is 8.33. The van der Waals surface area contributed by atoms with Crippen LogP contribution in [0, 0.1) is 11.2 Å². The summed E-state index contributed by atoms with van der Waals surface area (Å²) in [5, 5.41) is 2.52. The zero-order chi connectivity index (χ0) is 28.3. The molecule has 1 N–H and O–H groups in total.